The molecular weight excluding hydrogens is 408 g/mol. The van der Waals surface area contributed by atoms with Gasteiger partial charge >= 0.3 is 0 Å². The first-order valence-corrected chi connectivity index (χ1v) is 10.7. The van der Waals surface area contributed by atoms with Crippen LogP contribution in [-0.2, 0) is 19.6 Å². The molecule has 0 spiro atoms. The van der Waals surface area contributed by atoms with Crippen molar-refractivity contribution in [3.05, 3.63) is 69.6 Å². The Labute approximate surface area is 186 Å². The lowest BCUT2D eigenvalue weighted by Crippen LogP contribution is -2.47. The molecule has 0 fully saturated rings. The highest BCUT2D eigenvalue weighted by molar-refractivity contribution is 5.66. The van der Waals surface area contributed by atoms with Crippen molar-refractivity contribution in [2.24, 2.45) is 0 Å². The molecule has 2 aliphatic heterocycles. The molecule has 3 heterocycles. The molecule has 0 saturated carbocycles. The minimum absolute atomic E-state index is 0.00489. The minimum atomic E-state index is 0.00489. The summed E-state index contributed by atoms with van der Waals surface area (Å²) in [7, 11) is 1.65. The predicted molar refractivity (Wildman–Crippen MR) is 121 cm³/mol. The fourth-order valence-corrected chi connectivity index (χ4v) is 4.37. The topological polar surface area (TPSA) is 69.1 Å². The molecule has 0 unspecified atom stereocenters. The van der Waals surface area contributed by atoms with Crippen LogP contribution in [-0.4, -0.2) is 35.0 Å². The van der Waals surface area contributed by atoms with Crippen molar-refractivity contribution in [3.63, 3.8) is 0 Å². The summed E-state index contributed by atoms with van der Waals surface area (Å²) in [6.45, 7) is 5.80. The predicted octanol–water partition coefficient (Wildman–Crippen LogP) is 3.42. The lowest BCUT2D eigenvalue weighted by molar-refractivity contribution is 0.173. The lowest BCUT2D eigenvalue weighted by Gasteiger charge is -2.38. The summed E-state index contributed by atoms with van der Waals surface area (Å²) in [5.41, 5.74) is 3.48. The van der Waals surface area contributed by atoms with E-state index in [1.54, 1.807) is 11.7 Å². The van der Waals surface area contributed by atoms with Crippen molar-refractivity contribution in [2.45, 2.75) is 33.5 Å². The van der Waals surface area contributed by atoms with E-state index in [0.29, 0.717) is 32.3 Å². The first-order valence-electron chi connectivity index (χ1n) is 10.7. The van der Waals surface area contributed by atoms with Gasteiger partial charge in [0.2, 0.25) is 12.7 Å². The molecule has 32 heavy (non-hydrogen) atoms. The second-order valence-electron chi connectivity index (χ2n) is 7.96. The van der Waals surface area contributed by atoms with Crippen LogP contribution in [0, 0.1) is 6.92 Å². The third kappa shape index (κ3) is 3.46. The summed E-state index contributed by atoms with van der Waals surface area (Å²) in [6, 6.07) is 13.8. The number of anilines is 2. The zero-order valence-electron chi connectivity index (χ0n) is 18.5. The Morgan fingerprint density at radius 3 is 2.72 bits per heavy atom. The highest BCUT2D eigenvalue weighted by Gasteiger charge is 2.29. The normalized spacial score (nSPS) is 15.0. The molecule has 3 aromatic rings. The molecule has 0 amide bonds. The second kappa shape index (κ2) is 8.20. The van der Waals surface area contributed by atoms with Gasteiger partial charge in [0.05, 0.1) is 26.1 Å². The van der Waals surface area contributed by atoms with Crippen molar-refractivity contribution in [2.75, 3.05) is 25.5 Å². The van der Waals surface area contributed by atoms with Crippen molar-refractivity contribution >= 4 is 11.6 Å². The Kier molecular flexibility index (Phi) is 5.22. The first-order chi connectivity index (χ1) is 15.6. The van der Waals surface area contributed by atoms with Gasteiger partial charge in [0, 0.05) is 17.8 Å². The fraction of sp³-hybridized carbons (Fsp3) is 0.333. The number of fused-ring (bicyclic) bond motifs is 2. The number of hydrogen-bond donors (Lipinski definition) is 0. The number of methoxy groups -OCH3 is 1. The van der Waals surface area contributed by atoms with Crippen LogP contribution in [0.5, 0.6) is 17.2 Å². The highest BCUT2D eigenvalue weighted by Crippen LogP contribution is 2.36. The van der Waals surface area contributed by atoms with Crippen LogP contribution in [0.25, 0.3) is 0 Å². The van der Waals surface area contributed by atoms with Gasteiger partial charge in [-0.1, -0.05) is 25.1 Å². The maximum atomic E-state index is 13.4. The summed E-state index contributed by atoms with van der Waals surface area (Å²) in [6.07, 6.45) is 0.648. The zero-order chi connectivity index (χ0) is 22.2. The Morgan fingerprint density at radius 1 is 1.09 bits per heavy atom. The number of rotatable bonds is 5. The van der Waals surface area contributed by atoms with Gasteiger partial charge in [-0.2, -0.15) is 0 Å². The maximum Gasteiger partial charge on any atom is 0.259 e. The van der Waals surface area contributed by atoms with E-state index >= 15 is 0 Å². The molecule has 8 nitrogen and oxygen atoms in total. The zero-order valence-corrected chi connectivity index (χ0v) is 18.5. The van der Waals surface area contributed by atoms with Crippen molar-refractivity contribution in [1.82, 2.24) is 14.5 Å². The summed E-state index contributed by atoms with van der Waals surface area (Å²) in [5, 5.41) is 0. The third-order valence-corrected chi connectivity index (χ3v) is 5.95. The number of aryl methyl sites for hydroxylation is 1. The molecular formula is C24H26N4O4. The van der Waals surface area contributed by atoms with Gasteiger partial charge in [0.25, 0.3) is 5.56 Å². The molecule has 0 N–H and O–H groups in total. The van der Waals surface area contributed by atoms with E-state index in [9.17, 15) is 4.79 Å². The number of para-hydroxylation sites is 2. The molecule has 0 bridgehead atoms. The van der Waals surface area contributed by atoms with Gasteiger partial charge in [-0.05, 0) is 43.2 Å². The number of benzene rings is 2. The van der Waals surface area contributed by atoms with Crippen LogP contribution in [0.1, 0.15) is 23.7 Å². The van der Waals surface area contributed by atoms with Crippen LogP contribution in [0.3, 0.4) is 0 Å². The SMILES string of the molecule is CCc1c(C)nc2n(c1=O)CN(Cc1ccc3c(c1)OCO3)CN2c1ccccc1OC. The quantitative estimate of drug-likeness (QED) is 0.609. The Balaban J connectivity index is 1.57. The van der Waals surface area contributed by atoms with E-state index in [2.05, 4.69) is 4.90 Å². The molecule has 166 valence electrons. The highest BCUT2D eigenvalue weighted by atomic mass is 16.7. The third-order valence-electron chi connectivity index (χ3n) is 5.95. The number of ether oxygens (including phenoxy) is 3. The summed E-state index contributed by atoms with van der Waals surface area (Å²) < 4.78 is 18.3. The van der Waals surface area contributed by atoms with Crippen LogP contribution in [0.15, 0.2) is 47.3 Å². The van der Waals surface area contributed by atoms with E-state index in [4.69, 9.17) is 19.2 Å². The average molecular weight is 434 g/mol. The summed E-state index contributed by atoms with van der Waals surface area (Å²) in [4.78, 5) is 22.4. The molecule has 0 radical (unpaired) electrons. The standard InChI is InChI=1S/C24H26N4O4/c1-4-18-16(2)25-24-27(19-7-5-6-8-20(19)30-3)13-26(14-28(24)23(18)29)12-17-9-10-21-22(11-17)32-15-31-21/h5-11H,4,12-15H2,1-3H3. The van der Waals surface area contributed by atoms with Crippen molar-refractivity contribution in [1.29, 1.82) is 0 Å². The second-order valence-corrected chi connectivity index (χ2v) is 7.96. The van der Waals surface area contributed by atoms with Gasteiger partial charge < -0.3 is 14.2 Å². The summed E-state index contributed by atoms with van der Waals surface area (Å²) >= 11 is 0. The van der Waals surface area contributed by atoms with Gasteiger partial charge in [-0.25, -0.2) is 4.98 Å². The van der Waals surface area contributed by atoms with Crippen LogP contribution < -0.4 is 24.7 Å². The number of nitrogens with zero attached hydrogens (tertiary/aromatic N) is 4. The van der Waals surface area contributed by atoms with E-state index in [0.717, 1.165) is 39.8 Å². The molecule has 1 aromatic heterocycles. The van der Waals surface area contributed by atoms with Gasteiger partial charge in [-0.15, -0.1) is 0 Å². The molecule has 0 saturated heterocycles. The van der Waals surface area contributed by atoms with Gasteiger partial charge in [-0.3, -0.25) is 19.2 Å². The lowest BCUT2D eigenvalue weighted by atomic mass is 10.1. The maximum absolute atomic E-state index is 13.4. The van der Waals surface area contributed by atoms with E-state index in [-0.39, 0.29) is 12.4 Å². The first kappa shape index (κ1) is 20.4. The van der Waals surface area contributed by atoms with Crippen molar-refractivity contribution in [3.8, 4) is 17.2 Å². The van der Waals surface area contributed by atoms with E-state index in [1.165, 1.54) is 0 Å². The molecule has 2 aliphatic rings. The Hall–Kier alpha value is -3.52. The van der Waals surface area contributed by atoms with Gasteiger partial charge in [0.15, 0.2) is 11.5 Å². The van der Waals surface area contributed by atoms with Crippen LogP contribution >= 0.6 is 0 Å². The average Bonchev–Trinajstić information content (AvgIpc) is 3.27. The largest absolute Gasteiger partial charge is 0.495 e. The van der Waals surface area contributed by atoms with Crippen LogP contribution in [0.2, 0.25) is 0 Å². The smallest absolute Gasteiger partial charge is 0.259 e. The van der Waals surface area contributed by atoms with E-state index in [1.807, 2.05) is 61.2 Å². The minimum Gasteiger partial charge on any atom is -0.495 e. The number of aromatic nitrogens is 2. The Morgan fingerprint density at radius 2 is 1.91 bits per heavy atom. The number of hydrogen-bond acceptors (Lipinski definition) is 7. The van der Waals surface area contributed by atoms with E-state index < -0.39 is 0 Å². The van der Waals surface area contributed by atoms with Crippen molar-refractivity contribution < 1.29 is 14.2 Å². The van der Waals surface area contributed by atoms with Crippen LogP contribution in [0.4, 0.5) is 11.6 Å². The molecule has 8 heteroatoms. The monoisotopic (exact) mass is 434 g/mol. The molecule has 5 rings (SSSR count). The molecule has 2 aromatic carbocycles. The summed E-state index contributed by atoms with van der Waals surface area (Å²) in [5.74, 6) is 2.88. The van der Waals surface area contributed by atoms with Gasteiger partial charge in [0.1, 0.15) is 5.75 Å². The molecule has 0 aliphatic carbocycles. The fourth-order valence-electron chi connectivity index (χ4n) is 4.37. The Bertz CT molecular complexity index is 1220. The molecule has 0 atom stereocenters.